The Labute approximate surface area is 172 Å². The summed E-state index contributed by atoms with van der Waals surface area (Å²) < 4.78 is 0. The number of piperidine rings is 1. The molecule has 1 aliphatic heterocycles. The molecule has 0 saturated carbocycles. The van der Waals surface area contributed by atoms with E-state index in [4.69, 9.17) is 28.3 Å². The van der Waals surface area contributed by atoms with Gasteiger partial charge in [-0.25, -0.2) is 9.78 Å². The predicted octanol–water partition coefficient (Wildman–Crippen LogP) is 4.20. The normalized spacial score (nSPS) is 15.0. The van der Waals surface area contributed by atoms with Crippen LogP contribution < -0.4 is 5.32 Å². The Morgan fingerprint density at radius 2 is 1.89 bits per heavy atom. The van der Waals surface area contributed by atoms with Crippen molar-refractivity contribution in [3.05, 3.63) is 63.8 Å². The van der Waals surface area contributed by atoms with Gasteiger partial charge in [-0.05, 0) is 42.7 Å². The van der Waals surface area contributed by atoms with Gasteiger partial charge in [0.25, 0.3) is 5.91 Å². The second-order valence-electron chi connectivity index (χ2n) is 6.46. The second-order valence-corrected chi connectivity index (χ2v) is 7.28. The molecule has 146 valence electrons. The maximum absolute atomic E-state index is 12.6. The lowest BCUT2D eigenvalue weighted by Gasteiger charge is -2.33. The van der Waals surface area contributed by atoms with Crippen molar-refractivity contribution in [2.45, 2.75) is 18.9 Å². The highest BCUT2D eigenvalue weighted by Crippen LogP contribution is 2.25. The fraction of sp³-hybridized carbons (Fsp3) is 0.250. The first-order chi connectivity index (χ1) is 13.4. The van der Waals surface area contributed by atoms with E-state index in [0.717, 1.165) is 18.9 Å². The summed E-state index contributed by atoms with van der Waals surface area (Å²) in [6, 6.07) is 8.85. The average molecular weight is 420 g/mol. The molecule has 1 aliphatic rings. The molecule has 1 fully saturated rings. The number of rotatable bonds is 5. The number of carbonyl (C=O) groups is 2. The maximum atomic E-state index is 12.6. The van der Waals surface area contributed by atoms with Crippen LogP contribution in [0.1, 0.15) is 28.8 Å². The van der Waals surface area contributed by atoms with Gasteiger partial charge < -0.3 is 15.3 Å². The summed E-state index contributed by atoms with van der Waals surface area (Å²) in [6.45, 7) is 1.22. The number of halogens is 2. The predicted molar refractivity (Wildman–Crippen MR) is 110 cm³/mol. The summed E-state index contributed by atoms with van der Waals surface area (Å²) in [5.74, 6) is -0.545. The third-order valence-corrected chi connectivity index (χ3v) is 5.13. The highest BCUT2D eigenvalue weighted by atomic mass is 35.5. The van der Waals surface area contributed by atoms with Crippen molar-refractivity contribution in [2.75, 3.05) is 18.4 Å². The summed E-state index contributed by atoms with van der Waals surface area (Å²) >= 11 is 12.4. The molecule has 6 nitrogen and oxygen atoms in total. The Morgan fingerprint density at radius 1 is 1.18 bits per heavy atom. The van der Waals surface area contributed by atoms with Gasteiger partial charge in [0.1, 0.15) is 5.82 Å². The third kappa shape index (κ3) is 5.03. The smallest absolute Gasteiger partial charge is 0.328 e. The van der Waals surface area contributed by atoms with Gasteiger partial charge in [-0.1, -0.05) is 35.3 Å². The summed E-state index contributed by atoms with van der Waals surface area (Å²) in [7, 11) is 0. The number of nitrogens with one attached hydrogen (secondary N) is 1. The third-order valence-electron chi connectivity index (χ3n) is 4.51. The Balaban J connectivity index is 1.58. The number of hydrogen-bond acceptors (Lipinski definition) is 4. The molecule has 0 aliphatic carbocycles. The van der Waals surface area contributed by atoms with Crippen molar-refractivity contribution in [3.63, 3.8) is 0 Å². The first kappa shape index (κ1) is 20.2. The molecule has 1 aromatic carbocycles. The van der Waals surface area contributed by atoms with Crippen molar-refractivity contribution in [3.8, 4) is 0 Å². The van der Waals surface area contributed by atoms with E-state index in [1.165, 1.54) is 6.08 Å². The lowest BCUT2D eigenvalue weighted by molar-refractivity contribution is -0.131. The van der Waals surface area contributed by atoms with E-state index < -0.39 is 5.97 Å². The molecule has 2 aromatic rings. The number of anilines is 1. The number of carboxylic acid groups (broad SMARTS) is 1. The van der Waals surface area contributed by atoms with Crippen molar-refractivity contribution in [1.82, 2.24) is 9.88 Å². The van der Waals surface area contributed by atoms with Crippen LogP contribution >= 0.6 is 23.2 Å². The Bertz CT molecular complexity index is 909. The zero-order valence-electron chi connectivity index (χ0n) is 14.9. The number of amides is 1. The van der Waals surface area contributed by atoms with Crippen LogP contribution in [-0.2, 0) is 4.79 Å². The largest absolute Gasteiger partial charge is 0.478 e. The molecule has 0 unspecified atom stereocenters. The molecule has 2 N–H and O–H groups in total. The minimum Gasteiger partial charge on any atom is -0.478 e. The molecule has 3 rings (SSSR count). The van der Waals surface area contributed by atoms with E-state index in [1.807, 2.05) is 0 Å². The number of pyridine rings is 1. The summed E-state index contributed by atoms with van der Waals surface area (Å²) in [4.78, 5) is 29.3. The standard InChI is InChI=1S/C20H19Cl2N3O3/c21-16-4-2-1-3-15(16)20(28)25-9-7-14(8-10-25)24-19-17(22)11-13(12-23-19)5-6-18(26)27/h1-6,11-12,14H,7-10H2,(H,23,24)(H,26,27). The molecule has 1 aromatic heterocycles. The van der Waals surface area contributed by atoms with Crippen LogP contribution in [0.5, 0.6) is 0 Å². The fourth-order valence-electron chi connectivity index (χ4n) is 3.04. The van der Waals surface area contributed by atoms with Crippen LogP contribution in [-0.4, -0.2) is 46.0 Å². The maximum Gasteiger partial charge on any atom is 0.328 e. The van der Waals surface area contributed by atoms with Gasteiger partial charge in [-0.15, -0.1) is 0 Å². The Hall–Kier alpha value is -2.57. The van der Waals surface area contributed by atoms with Gasteiger partial charge in [-0.3, -0.25) is 4.79 Å². The molecule has 2 heterocycles. The first-order valence-electron chi connectivity index (χ1n) is 8.81. The Kier molecular flexibility index (Phi) is 6.54. The molecule has 0 spiro atoms. The van der Waals surface area contributed by atoms with Crippen molar-refractivity contribution < 1.29 is 14.7 Å². The second kappa shape index (κ2) is 9.08. The molecule has 0 bridgehead atoms. The number of aliphatic carboxylic acids is 1. The SMILES string of the molecule is O=C(O)C=Cc1cnc(NC2CCN(C(=O)c3ccccc3Cl)CC2)c(Cl)c1. The molecule has 0 atom stereocenters. The van der Waals surface area contributed by atoms with E-state index in [-0.39, 0.29) is 11.9 Å². The van der Waals surface area contributed by atoms with Gasteiger partial charge in [0, 0.05) is 31.4 Å². The summed E-state index contributed by atoms with van der Waals surface area (Å²) in [5, 5.41) is 12.9. The van der Waals surface area contributed by atoms with Crippen LogP contribution in [0, 0.1) is 0 Å². The number of nitrogens with zero attached hydrogens (tertiary/aromatic N) is 2. The number of aromatic nitrogens is 1. The topological polar surface area (TPSA) is 82.5 Å². The molecular formula is C20H19Cl2N3O3. The Morgan fingerprint density at radius 3 is 2.54 bits per heavy atom. The number of carboxylic acids is 1. The van der Waals surface area contributed by atoms with Crippen LogP contribution in [0.3, 0.4) is 0 Å². The number of carbonyl (C=O) groups excluding carboxylic acids is 1. The highest BCUT2D eigenvalue weighted by molar-refractivity contribution is 6.34. The monoisotopic (exact) mass is 419 g/mol. The molecule has 1 amide bonds. The van der Waals surface area contributed by atoms with Gasteiger partial charge in [0.05, 0.1) is 15.6 Å². The molecular weight excluding hydrogens is 401 g/mol. The number of likely N-dealkylation sites (tertiary alicyclic amines) is 1. The highest BCUT2D eigenvalue weighted by Gasteiger charge is 2.25. The van der Waals surface area contributed by atoms with E-state index in [1.54, 1.807) is 41.4 Å². The molecule has 0 radical (unpaired) electrons. The van der Waals surface area contributed by atoms with E-state index in [9.17, 15) is 9.59 Å². The van der Waals surface area contributed by atoms with Crippen molar-refractivity contribution >= 4 is 47.0 Å². The first-order valence-corrected chi connectivity index (χ1v) is 9.56. The molecule has 8 heteroatoms. The van der Waals surface area contributed by atoms with Crippen molar-refractivity contribution in [1.29, 1.82) is 0 Å². The van der Waals surface area contributed by atoms with Crippen LogP contribution in [0.25, 0.3) is 6.08 Å². The summed E-state index contributed by atoms with van der Waals surface area (Å²) in [6.07, 6.45) is 5.55. The van der Waals surface area contributed by atoms with E-state index in [0.29, 0.717) is 40.1 Å². The van der Waals surface area contributed by atoms with Crippen LogP contribution in [0.15, 0.2) is 42.6 Å². The lowest BCUT2D eigenvalue weighted by atomic mass is 10.0. The van der Waals surface area contributed by atoms with E-state index in [2.05, 4.69) is 10.3 Å². The fourth-order valence-corrected chi connectivity index (χ4v) is 3.49. The minimum absolute atomic E-state index is 0.0604. The van der Waals surface area contributed by atoms with Crippen LogP contribution in [0.2, 0.25) is 10.0 Å². The van der Waals surface area contributed by atoms with Crippen LogP contribution in [0.4, 0.5) is 5.82 Å². The van der Waals surface area contributed by atoms with Gasteiger partial charge in [0.15, 0.2) is 0 Å². The van der Waals surface area contributed by atoms with Gasteiger partial charge >= 0.3 is 5.97 Å². The lowest BCUT2D eigenvalue weighted by Crippen LogP contribution is -2.42. The van der Waals surface area contributed by atoms with Crippen molar-refractivity contribution in [2.24, 2.45) is 0 Å². The molecule has 28 heavy (non-hydrogen) atoms. The molecule has 1 saturated heterocycles. The quantitative estimate of drug-likeness (QED) is 0.709. The average Bonchev–Trinajstić information content (AvgIpc) is 2.68. The number of benzene rings is 1. The summed E-state index contributed by atoms with van der Waals surface area (Å²) in [5.41, 5.74) is 1.13. The minimum atomic E-state index is -1.03. The number of hydrogen-bond donors (Lipinski definition) is 2. The van der Waals surface area contributed by atoms with Gasteiger partial charge in [-0.2, -0.15) is 0 Å². The zero-order valence-corrected chi connectivity index (χ0v) is 16.5. The van der Waals surface area contributed by atoms with Gasteiger partial charge in [0.2, 0.25) is 0 Å². The van der Waals surface area contributed by atoms with E-state index >= 15 is 0 Å². The zero-order chi connectivity index (χ0) is 20.1.